The summed E-state index contributed by atoms with van der Waals surface area (Å²) in [6, 6.07) is 1.81. The van der Waals surface area contributed by atoms with E-state index in [9.17, 15) is 0 Å². The summed E-state index contributed by atoms with van der Waals surface area (Å²) in [5, 5.41) is 0. The van der Waals surface area contributed by atoms with Crippen LogP contribution < -0.4 is 0 Å². The molecule has 1 saturated heterocycles. The molecule has 0 N–H and O–H groups in total. The summed E-state index contributed by atoms with van der Waals surface area (Å²) >= 11 is 0. The molecule has 7 heavy (non-hydrogen) atoms. The minimum atomic E-state index is 0.903. The molecule has 0 aliphatic carbocycles. The monoisotopic (exact) mass is 100 g/mol. The van der Waals surface area contributed by atoms with Gasteiger partial charge in [-0.2, -0.15) is 0 Å². The highest BCUT2D eigenvalue weighted by Crippen LogP contribution is 2.33. The molecule has 1 heteroatoms. The molecule has 1 aliphatic rings. The van der Waals surface area contributed by atoms with E-state index >= 15 is 0 Å². The van der Waals surface area contributed by atoms with E-state index in [4.69, 9.17) is 0 Å². The van der Waals surface area contributed by atoms with Gasteiger partial charge in [-0.1, -0.05) is 0 Å². The number of quaternary nitrogens is 1. The van der Waals surface area contributed by atoms with Crippen LogP contribution in [0.3, 0.4) is 0 Å². The third kappa shape index (κ3) is 0.480. The van der Waals surface area contributed by atoms with Crippen LogP contribution in [0.25, 0.3) is 0 Å². The molecule has 2 atom stereocenters. The molecule has 1 aliphatic heterocycles. The Bertz CT molecular complexity index is 76.2. The van der Waals surface area contributed by atoms with Gasteiger partial charge >= 0.3 is 0 Å². The smallest absolute Gasteiger partial charge is 0.138 e. The summed E-state index contributed by atoms with van der Waals surface area (Å²) in [5.41, 5.74) is 0. The quantitative estimate of drug-likeness (QED) is 0.313. The summed E-state index contributed by atoms with van der Waals surface area (Å²) in [5.74, 6) is 0. The third-order valence-corrected chi connectivity index (χ3v) is 2.71. The summed E-state index contributed by atoms with van der Waals surface area (Å²) < 4.78 is 1.22. The Balaban J connectivity index is 2.52. The molecule has 0 radical (unpaired) electrons. The van der Waals surface area contributed by atoms with Crippen LogP contribution in [0.1, 0.15) is 13.8 Å². The van der Waals surface area contributed by atoms with Crippen LogP contribution in [0, 0.1) is 0 Å². The van der Waals surface area contributed by atoms with Gasteiger partial charge in [0.2, 0.25) is 0 Å². The molecule has 0 aromatic carbocycles. The fourth-order valence-corrected chi connectivity index (χ4v) is 1.05. The van der Waals surface area contributed by atoms with Gasteiger partial charge in [-0.15, -0.1) is 0 Å². The van der Waals surface area contributed by atoms with E-state index in [1.165, 1.54) is 4.48 Å². The first kappa shape index (κ1) is 5.10. The number of rotatable bonds is 0. The second kappa shape index (κ2) is 1.03. The maximum atomic E-state index is 2.30. The van der Waals surface area contributed by atoms with Crippen LogP contribution in [-0.4, -0.2) is 30.7 Å². The van der Waals surface area contributed by atoms with Gasteiger partial charge in [0.15, 0.2) is 0 Å². The minimum absolute atomic E-state index is 0.903. The van der Waals surface area contributed by atoms with Crippen LogP contribution in [0.4, 0.5) is 0 Å². The van der Waals surface area contributed by atoms with E-state index in [2.05, 4.69) is 27.9 Å². The maximum Gasteiger partial charge on any atom is 0.138 e. The van der Waals surface area contributed by atoms with Gasteiger partial charge in [-0.05, 0) is 13.8 Å². The van der Waals surface area contributed by atoms with E-state index in [0.29, 0.717) is 0 Å². The normalized spacial score (nSPS) is 46.3. The average molecular weight is 100 g/mol. The van der Waals surface area contributed by atoms with Crippen molar-refractivity contribution in [1.29, 1.82) is 0 Å². The molecular formula is C6H14N+. The first-order valence-electron chi connectivity index (χ1n) is 2.90. The highest BCUT2D eigenvalue weighted by atomic mass is 15.5. The summed E-state index contributed by atoms with van der Waals surface area (Å²) in [4.78, 5) is 0. The Morgan fingerprint density at radius 2 is 1.14 bits per heavy atom. The highest BCUT2D eigenvalue weighted by Gasteiger charge is 2.53. The zero-order chi connectivity index (χ0) is 5.65. The van der Waals surface area contributed by atoms with Gasteiger partial charge in [0, 0.05) is 0 Å². The van der Waals surface area contributed by atoms with Gasteiger partial charge in [0.05, 0.1) is 14.1 Å². The van der Waals surface area contributed by atoms with Gasteiger partial charge in [-0.3, -0.25) is 0 Å². The molecule has 0 aromatic heterocycles. The van der Waals surface area contributed by atoms with Crippen molar-refractivity contribution in [2.75, 3.05) is 14.1 Å². The molecule has 0 unspecified atom stereocenters. The van der Waals surface area contributed by atoms with Crippen LogP contribution >= 0.6 is 0 Å². The number of likely N-dealkylation sites (N-methyl/N-ethyl adjacent to an activating group) is 1. The van der Waals surface area contributed by atoms with Crippen molar-refractivity contribution in [3.05, 3.63) is 0 Å². The predicted molar refractivity (Wildman–Crippen MR) is 31.0 cm³/mol. The number of hydrogen-bond donors (Lipinski definition) is 0. The Morgan fingerprint density at radius 1 is 1.00 bits per heavy atom. The topological polar surface area (TPSA) is 0 Å². The molecule has 0 spiro atoms. The lowest BCUT2D eigenvalue weighted by atomic mass is 10.4. The van der Waals surface area contributed by atoms with Crippen molar-refractivity contribution in [2.24, 2.45) is 0 Å². The molecule has 42 valence electrons. The molecule has 0 aromatic rings. The van der Waals surface area contributed by atoms with E-state index in [-0.39, 0.29) is 0 Å². The average Bonchev–Trinajstić information content (AvgIpc) is 1.91. The first-order valence-corrected chi connectivity index (χ1v) is 2.90. The van der Waals surface area contributed by atoms with Crippen molar-refractivity contribution in [2.45, 2.75) is 25.9 Å². The van der Waals surface area contributed by atoms with Gasteiger partial charge in [-0.25, -0.2) is 0 Å². The largest absolute Gasteiger partial charge is 0.314 e. The van der Waals surface area contributed by atoms with Crippen molar-refractivity contribution in [3.63, 3.8) is 0 Å². The summed E-state index contributed by atoms with van der Waals surface area (Å²) in [6.07, 6.45) is 0. The lowest BCUT2D eigenvalue weighted by Gasteiger charge is -2.02. The van der Waals surface area contributed by atoms with Crippen LogP contribution in [0.5, 0.6) is 0 Å². The van der Waals surface area contributed by atoms with Gasteiger partial charge < -0.3 is 4.48 Å². The Labute approximate surface area is 45.5 Å². The molecule has 0 saturated carbocycles. The fraction of sp³-hybridized carbons (Fsp3) is 1.00. The lowest BCUT2D eigenvalue weighted by Crippen LogP contribution is -2.16. The maximum absolute atomic E-state index is 2.30. The standard InChI is InChI=1S/C6H14N/c1-5-6(2)7(5,3)4/h5-6H,1-4H3/q+1/t5-,6-/m0/s1. The van der Waals surface area contributed by atoms with Crippen molar-refractivity contribution >= 4 is 0 Å². The number of nitrogens with zero attached hydrogens (tertiary/aromatic N) is 1. The predicted octanol–water partition coefficient (Wildman–Crippen LogP) is 0.853. The Kier molecular flexibility index (Phi) is 0.747. The molecule has 1 heterocycles. The highest BCUT2D eigenvalue weighted by molar-refractivity contribution is 4.75. The molecule has 1 fully saturated rings. The van der Waals surface area contributed by atoms with Crippen LogP contribution in [0.15, 0.2) is 0 Å². The molecular weight excluding hydrogens is 86.1 g/mol. The third-order valence-electron chi connectivity index (χ3n) is 2.71. The number of hydrogen-bond acceptors (Lipinski definition) is 0. The van der Waals surface area contributed by atoms with E-state index in [1.807, 2.05) is 0 Å². The molecule has 1 nitrogen and oxygen atoms in total. The molecule has 0 amide bonds. The summed E-state index contributed by atoms with van der Waals surface area (Å²) in [7, 11) is 4.55. The van der Waals surface area contributed by atoms with Crippen molar-refractivity contribution in [1.82, 2.24) is 0 Å². The fourth-order valence-electron chi connectivity index (χ4n) is 1.05. The second-order valence-electron chi connectivity index (χ2n) is 3.11. The zero-order valence-corrected chi connectivity index (χ0v) is 5.60. The molecule has 0 bridgehead atoms. The first-order chi connectivity index (χ1) is 3.07. The Morgan fingerprint density at radius 3 is 1.14 bits per heavy atom. The van der Waals surface area contributed by atoms with Gasteiger partial charge in [0.25, 0.3) is 0 Å². The summed E-state index contributed by atoms with van der Waals surface area (Å²) in [6.45, 7) is 4.59. The van der Waals surface area contributed by atoms with Crippen molar-refractivity contribution in [3.8, 4) is 0 Å². The van der Waals surface area contributed by atoms with Crippen LogP contribution in [0.2, 0.25) is 0 Å². The van der Waals surface area contributed by atoms with Crippen molar-refractivity contribution < 1.29 is 4.48 Å². The van der Waals surface area contributed by atoms with Gasteiger partial charge in [0.1, 0.15) is 12.1 Å². The Hall–Kier alpha value is -0.0400. The SMILES string of the molecule is C[C@H]1[C@H](C)[N+]1(C)C. The second-order valence-corrected chi connectivity index (χ2v) is 3.11. The van der Waals surface area contributed by atoms with E-state index in [0.717, 1.165) is 12.1 Å². The van der Waals surface area contributed by atoms with E-state index in [1.54, 1.807) is 0 Å². The van der Waals surface area contributed by atoms with E-state index < -0.39 is 0 Å². The lowest BCUT2D eigenvalue weighted by molar-refractivity contribution is -0.780. The minimum Gasteiger partial charge on any atom is -0.314 e. The van der Waals surface area contributed by atoms with Crippen LogP contribution in [-0.2, 0) is 0 Å². The molecule has 1 rings (SSSR count). The zero-order valence-electron chi connectivity index (χ0n) is 5.60.